The zero-order valence-electron chi connectivity index (χ0n) is 10.8. The fourth-order valence-corrected chi connectivity index (χ4v) is 2.52. The normalized spacial score (nSPS) is 24.6. The van der Waals surface area contributed by atoms with Gasteiger partial charge in [-0.1, -0.05) is 13.3 Å². The SMILES string of the molecule is CCOCCCN1CCCCC1C(O)CC. The second-order valence-corrected chi connectivity index (χ2v) is 4.63. The quantitative estimate of drug-likeness (QED) is 0.678. The van der Waals surface area contributed by atoms with E-state index in [0.717, 1.165) is 45.6 Å². The van der Waals surface area contributed by atoms with E-state index in [1.165, 1.54) is 12.8 Å². The molecule has 0 radical (unpaired) electrons. The first-order valence-electron chi connectivity index (χ1n) is 6.79. The summed E-state index contributed by atoms with van der Waals surface area (Å²) >= 11 is 0. The van der Waals surface area contributed by atoms with Gasteiger partial charge in [-0.15, -0.1) is 0 Å². The molecule has 0 aromatic heterocycles. The molecule has 0 aromatic rings. The number of rotatable bonds is 7. The second kappa shape index (κ2) is 8.04. The first kappa shape index (κ1) is 13.9. The lowest BCUT2D eigenvalue weighted by Gasteiger charge is -2.38. The smallest absolute Gasteiger partial charge is 0.0692 e. The minimum atomic E-state index is -0.146. The summed E-state index contributed by atoms with van der Waals surface area (Å²) in [7, 11) is 0. The summed E-state index contributed by atoms with van der Waals surface area (Å²) in [5, 5.41) is 9.98. The maximum atomic E-state index is 9.98. The lowest BCUT2D eigenvalue weighted by molar-refractivity contribution is 0.0185. The maximum absolute atomic E-state index is 9.98. The van der Waals surface area contributed by atoms with Crippen LogP contribution in [0.25, 0.3) is 0 Å². The van der Waals surface area contributed by atoms with Crippen LogP contribution in [0, 0.1) is 0 Å². The summed E-state index contributed by atoms with van der Waals surface area (Å²) in [5.74, 6) is 0. The highest BCUT2D eigenvalue weighted by Gasteiger charge is 2.26. The molecule has 16 heavy (non-hydrogen) atoms. The Balaban J connectivity index is 2.29. The summed E-state index contributed by atoms with van der Waals surface area (Å²) < 4.78 is 5.36. The van der Waals surface area contributed by atoms with E-state index in [0.29, 0.717) is 6.04 Å². The zero-order valence-corrected chi connectivity index (χ0v) is 10.8. The zero-order chi connectivity index (χ0) is 11.8. The largest absolute Gasteiger partial charge is 0.392 e. The molecule has 0 aliphatic carbocycles. The van der Waals surface area contributed by atoms with Crippen molar-refractivity contribution in [3.8, 4) is 0 Å². The fraction of sp³-hybridized carbons (Fsp3) is 1.00. The van der Waals surface area contributed by atoms with Crippen LogP contribution in [0.4, 0.5) is 0 Å². The number of ether oxygens (including phenoxy) is 1. The first-order valence-corrected chi connectivity index (χ1v) is 6.79. The van der Waals surface area contributed by atoms with E-state index in [1.54, 1.807) is 0 Å². The minimum absolute atomic E-state index is 0.146. The highest BCUT2D eigenvalue weighted by molar-refractivity contribution is 4.82. The standard InChI is InChI=1S/C13H27NO2/c1-3-13(15)12-8-5-6-9-14(12)10-7-11-16-4-2/h12-13,15H,3-11H2,1-2H3. The monoisotopic (exact) mass is 229 g/mol. The van der Waals surface area contributed by atoms with E-state index in [1.807, 2.05) is 6.92 Å². The van der Waals surface area contributed by atoms with Gasteiger partial charge in [0.15, 0.2) is 0 Å². The van der Waals surface area contributed by atoms with Crippen LogP contribution in [0.15, 0.2) is 0 Å². The molecule has 2 atom stereocenters. The Kier molecular flexibility index (Phi) is 7.01. The van der Waals surface area contributed by atoms with Gasteiger partial charge in [0.05, 0.1) is 6.10 Å². The van der Waals surface area contributed by atoms with Gasteiger partial charge in [-0.2, -0.15) is 0 Å². The van der Waals surface area contributed by atoms with Crippen molar-refractivity contribution in [2.24, 2.45) is 0 Å². The van der Waals surface area contributed by atoms with Crippen molar-refractivity contribution < 1.29 is 9.84 Å². The van der Waals surface area contributed by atoms with Crippen molar-refractivity contribution in [2.45, 2.75) is 58.1 Å². The Morgan fingerprint density at radius 2 is 2.19 bits per heavy atom. The van der Waals surface area contributed by atoms with Crippen LogP contribution < -0.4 is 0 Å². The number of aliphatic hydroxyl groups is 1. The third-order valence-electron chi connectivity index (χ3n) is 3.46. The lowest BCUT2D eigenvalue weighted by atomic mass is 9.96. The number of hydrogen-bond donors (Lipinski definition) is 1. The van der Waals surface area contributed by atoms with E-state index in [-0.39, 0.29) is 6.10 Å². The molecule has 1 saturated heterocycles. The molecule has 1 N–H and O–H groups in total. The van der Waals surface area contributed by atoms with Gasteiger partial charge in [-0.05, 0) is 39.2 Å². The van der Waals surface area contributed by atoms with Gasteiger partial charge in [0, 0.05) is 25.8 Å². The van der Waals surface area contributed by atoms with Crippen LogP contribution in [-0.2, 0) is 4.74 Å². The third kappa shape index (κ3) is 4.40. The summed E-state index contributed by atoms with van der Waals surface area (Å²) in [6.07, 6.45) is 5.51. The molecule has 0 spiro atoms. The molecule has 3 heteroatoms. The van der Waals surface area contributed by atoms with Crippen molar-refractivity contribution in [1.29, 1.82) is 0 Å². The highest BCUT2D eigenvalue weighted by Crippen LogP contribution is 2.21. The van der Waals surface area contributed by atoms with Gasteiger partial charge in [-0.25, -0.2) is 0 Å². The number of likely N-dealkylation sites (tertiary alicyclic amines) is 1. The summed E-state index contributed by atoms with van der Waals surface area (Å²) in [5.41, 5.74) is 0. The van der Waals surface area contributed by atoms with Crippen molar-refractivity contribution in [3.05, 3.63) is 0 Å². The van der Waals surface area contributed by atoms with Gasteiger partial charge in [0.1, 0.15) is 0 Å². The van der Waals surface area contributed by atoms with Crippen molar-refractivity contribution in [2.75, 3.05) is 26.3 Å². The Bertz CT molecular complexity index is 175. The maximum Gasteiger partial charge on any atom is 0.0692 e. The minimum Gasteiger partial charge on any atom is -0.392 e. The Labute approximate surface area is 99.8 Å². The van der Waals surface area contributed by atoms with Crippen molar-refractivity contribution in [3.63, 3.8) is 0 Å². The van der Waals surface area contributed by atoms with Crippen molar-refractivity contribution in [1.82, 2.24) is 4.90 Å². The van der Waals surface area contributed by atoms with E-state index >= 15 is 0 Å². The van der Waals surface area contributed by atoms with Gasteiger partial charge in [0.25, 0.3) is 0 Å². The Morgan fingerprint density at radius 3 is 2.88 bits per heavy atom. The first-order chi connectivity index (χ1) is 7.79. The summed E-state index contributed by atoms with van der Waals surface area (Å²) in [4.78, 5) is 2.46. The molecule has 1 aliphatic rings. The predicted molar refractivity (Wildman–Crippen MR) is 66.6 cm³/mol. The molecule has 1 fully saturated rings. The molecule has 2 unspecified atom stereocenters. The molecule has 3 nitrogen and oxygen atoms in total. The van der Waals surface area contributed by atoms with Crippen LogP contribution in [0.5, 0.6) is 0 Å². The van der Waals surface area contributed by atoms with Gasteiger partial charge in [-0.3, -0.25) is 4.90 Å². The summed E-state index contributed by atoms with van der Waals surface area (Å²) in [6.45, 7) is 7.97. The molecular formula is C13H27NO2. The average Bonchev–Trinajstić information content (AvgIpc) is 2.34. The number of hydrogen-bond acceptors (Lipinski definition) is 3. The average molecular weight is 229 g/mol. The molecule has 96 valence electrons. The lowest BCUT2D eigenvalue weighted by Crippen LogP contribution is -2.47. The van der Waals surface area contributed by atoms with Gasteiger partial charge in [0.2, 0.25) is 0 Å². The Hall–Kier alpha value is -0.120. The molecule has 1 rings (SSSR count). The second-order valence-electron chi connectivity index (χ2n) is 4.63. The van der Waals surface area contributed by atoms with Crippen LogP contribution in [-0.4, -0.2) is 48.5 Å². The molecule has 0 amide bonds. The van der Waals surface area contributed by atoms with E-state index in [9.17, 15) is 5.11 Å². The summed E-state index contributed by atoms with van der Waals surface area (Å²) in [6, 6.07) is 0.389. The van der Waals surface area contributed by atoms with Crippen molar-refractivity contribution >= 4 is 0 Å². The topological polar surface area (TPSA) is 32.7 Å². The fourth-order valence-electron chi connectivity index (χ4n) is 2.52. The van der Waals surface area contributed by atoms with E-state index in [4.69, 9.17) is 4.74 Å². The molecule has 1 heterocycles. The predicted octanol–water partition coefficient (Wildman–Crippen LogP) is 2.04. The highest BCUT2D eigenvalue weighted by atomic mass is 16.5. The number of nitrogens with zero attached hydrogens (tertiary/aromatic N) is 1. The Morgan fingerprint density at radius 1 is 1.38 bits per heavy atom. The molecule has 0 saturated carbocycles. The molecule has 0 aromatic carbocycles. The molecular weight excluding hydrogens is 202 g/mol. The third-order valence-corrected chi connectivity index (χ3v) is 3.46. The van der Waals surface area contributed by atoms with Crippen LogP contribution in [0.3, 0.4) is 0 Å². The number of piperidine rings is 1. The van der Waals surface area contributed by atoms with Crippen LogP contribution in [0.1, 0.15) is 46.0 Å². The van der Waals surface area contributed by atoms with E-state index < -0.39 is 0 Å². The molecule has 1 aliphatic heterocycles. The molecule has 0 bridgehead atoms. The van der Waals surface area contributed by atoms with E-state index in [2.05, 4.69) is 11.8 Å². The van der Waals surface area contributed by atoms with Gasteiger partial charge < -0.3 is 9.84 Å². The van der Waals surface area contributed by atoms with Gasteiger partial charge >= 0.3 is 0 Å². The van der Waals surface area contributed by atoms with Crippen LogP contribution >= 0.6 is 0 Å². The number of aliphatic hydroxyl groups excluding tert-OH is 1. The van der Waals surface area contributed by atoms with Crippen LogP contribution in [0.2, 0.25) is 0 Å².